The Bertz CT molecular complexity index is 184. The average molecular weight is 192 g/mol. The van der Waals surface area contributed by atoms with E-state index in [-0.39, 0.29) is 0 Å². The van der Waals surface area contributed by atoms with E-state index >= 15 is 0 Å². The molecule has 0 aliphatic carbocycles. The van der Waals surface area contributed by atoms with E-state index < -0.39 is 0 Å². The van der Waals surface area contributed by atoms with Crippen LogP contribution in [0, 0.1) is 0 Å². The van der Waals surface area contributed by atoms with Gasteiger partial charge in [0.1, 0.15) is 0 Å². The molecule has 0 saturated carbocycles. The van der Waals surface area contributed by atoms with Gasteiger partial charge < -0.3 is 0 Å². The van der Waals surface area contributed by atoms with E-state index in [1.54, 1.807) is 0 Å². The maximum atomic E-state index is 3.74. The summed E-state index contributed by atoms with van der Waals surface area (Å²) >= 11 is 0. The fourth-order valence-corrected chi connectivity index (χ4v) is 1.34. The summed E-state index contributed by atoms with van der Waals surface area (Å²) < 4.78 is 0. The Hall–Kier alpha value is -0.780. The van der Waals surface area contributed by atoms with E-state index in [1.165, 1.54) is 31.3 Å². The number of hydrogen-bond donors (Lipinski definition) is 0. The van der Waals surface area contributed by atoms with Crippen LogP contribution in [0.5, 0.6) is 0 Å². The van der Waals surface area contributed by atoms with Gasteiger partial charge in [0.05, 0.1) is 0 Å². The van der Waals surface area contributed by atoms with Gasteiger partial charge in [0.25, 0.3) is 0 Å². The largest absolute Gasteiger partial charge is 0.103 e. The van der Waals surface area contributed by atoms with Crippen molar-refractivity contribution in [2.45, 2.75) is 52.4 Å². The zero-order valence-corrected chi connectivity index (χ0v) is 9.76. The predicted octanol–water partition coefficient (Wildman–Crippen LogP) is 5.04. The fraction of sp³-hybridized carbons (Fsp3) is 0.571. The molecule has 0 bridgehead atoms. The molecule has 0 spiro atoms. The monoisotopic (exact) mass is 192 g/mol. The molecule has 0 nitrogen and oxygen atoms in total. The summed E-state index contributed by atoms with van der Waals surface area (Å²) in [6, 6.07) is 0. The molecule has 0 aliphatic rings. The van der Waals surface area contributed by atoms with Gasteiger partial charge in [-0.2, -0.15) is 0 Å². The second kappa shape index (κ2) is 10.3. The summed E-state index contributed by atoms with van der Waals surface area (Å²) in [7, 11) is 0. The summed E-state index contributed by atoms with van der Waals surface area (Å²) in [5.74, 6) is 0. The highest BCUT2D eigenvalue weighted by molar-refractivity contribution is 5.19. The zero-order chi connectivity index (χ0) is 10.6. The molecular formula is C14H24. The van der Waals surface area contributed by atoms with Gasteiger partial charge in [-0.1, -0.05) is 56.6 Å². The van der Waals surface area contributed by atoms with E-state index in [2.05, 4.69) is 38.7 Å². The highest BCUT2D eigenvalue weighted by Gasteiger charge is 1.91. The van der Waals surface area contributed by atoms with Crippen LogP contribution in [0.15, 0.2) is 36.5 Å². The summed E-state index contributed by atoms with van der Waals surface area (Å²) in [6.45, 7) is 8.16. The van der Waals surface area contributed by atoms with Gasteiger partial charge >= 0.3 is 0 Å². The zero-order valence-electron chi connectivity index (χ0n) is 9.76. The first kappa shape index (κ1) is 13.2. The van der Waals surface area contributed by atoms with Crippen LogP contribution in [-0.4, -0.2) is 0 Å². The van der Waals surface area contributed by atoms with Crippen molar-refractivity contribution in [3.63, 3.8) is 0 Å². The minimum Gasteiger partial charge on any atom is -0.103 e. The van der Waals surface area contributed by atoms with E-state index in [0.717, 1.165) is 12.8 Å². The van der Waals surface area contributed by atoms with Crippen LogP contribution < -0.4 is 0 Å². The molecule has 0 atom stereocenters. The molecule has 0 fully saturated rings. The highest BCUT2D eigenvalue weighted by Crippen LogP contribution is 2.11. The van der Waals surface area contributed by atoms with Crippen molar-refractivity contribution in [2.75, 3.05) is 0 Å². The molecule has 0 amide bonds. The first-order valence-electron chi connectivity index (χ1n) is 5.81. The molecule has 80 valence electrons. The van der Waals surface area contributed by atoms with Gasteiger partial charge in [0, 0.05) is 0 Å². The summed E-state index contributed by atoms with van der Waals surface area (Å²) in [4.78, 5) is 0. The molecule has 0 saturated heterocycles. The molecule has 0 N–H and O–H groups in total. The Morgan fingerprint density at radius 1 is 1.21 bits per heavy atom. The third-order valence-electron chi connectivity index (χ3n) is 2.18. The van der Waals surface area contributed by atoms with Crippen molar-refractivity contribution in [3.8, 4) is 0 Å². The quantitative estimate of drug-likeness (QED) is 0.287. The van der Waals surface area contributed by atoms with Gasteiger partial charge in [-0.15, -0.1) is 6.58 Å². The molecule has 0 rings (SSSR count). The first-order chi connectivity index (χ1) is 6.85. The van der Waals surface area contributed by atoms with Crippen molar-refractivity contribution in [3.05, 3.63) is 36.5 Å². The number of hydrogen-bond acceptors (Lipinski definition) is 0. The fourth-order valence-electron chi connectivity index (χ4n) is 1.34. The van der Waals surface area contributed by atoms with Gasteiger partial charge in [-0.25, -0.2) is 0 Å². The topological polar surface area (TPSA) is 0 Å². The molecule has 0 heteroatoms. The van der Waals surface area contributed by atoms with Crippen molar-refractivity contribution < 1.29 is 0 Å². The molecule has 0 aromatic heterocycles. The van der Waals surface area contributed by atoms with Crippen LogP contribution in [-0.2, 0) is 0 Å². The Morgan fingerprint density at radius 3 is 2.57 bits per heavy atom. The van der Waals surface area contributed by atoms with E-state index in [0.29, 0.717) is 0 Å². The summed E-state index contributed by atoms with van der Waals surface area (Å²) in [5, 5.41) is 0. The second-order valence-corrected chi connectivity index (χ2v) is 3.57. The van der Waals surface area contributed by atoms with Crippen molar-refractivity contribution in [2.24, 2.45) is 0 Å². The lowest BCUT2D eigenvalue weighted by Crippen LogP contribution is -1.81. The predicted molar refractivity (Wildman–Crippen MR) is 66.5 cm³/mol. The normalized spacial score (nSPS) is 12.3. The van der Waals surface area contributed by atoms with Crippen molar-refractivity contribution in [1.29, 1.82) is 0 Å². The summed E-state index contributed by atoms with van der Waals surface area (Å²) in [5.41, 5.74) is 1.47. The van der Waals surface area contributed by atoms with E-state index in [4.69, 9.17) is 0 Å². The number of allylic oxidation sites excluding steroid dienone is 5. The SMILES string of the molecule is C=CC/C=C(\C=C\CC)CCCCC. The minimum absolute atomic E-state index is 0.996. The van der Waals surface area contributed by atoms with Gasteiger partial charge in [0.2, 0.25) is 0 Å². The third-order valence-corrected chi connectivity index (χ3v) is 2.18. The Balaban J connectivity index is 3.96. The molecule has 0 aromatic carbocycles. The summed E-state index contributed by atoms with van der Waals surface area (Å²) in [6.07, 6.45) is 16.0. The van der Waals surface area contributed by atoms with Crippen LogP contribution in [0.4, 0.5) is 0 Å². The van der Waals surface area contributed by atoms with Gasteiger partial charge in [0.15, 0.2) is 0 Å². The molecule has 0 aliphatic heterocycles. The standard InChI is InChI=1S/C14H24/c1-4-7-10-13-14(11-8-5-2)12-9-6-3/h5,9,11-12H,2,4,6-8,10,13H2,1,3H3/b12-9+,14-11+. The lowest BCUT2D eigenvalue weighted by atomic mass is 10.1. The second-order valence-electron chi connectivity index (χ2n) is 3.57. The molecule has 0 unspecified atom stereocenters. The Kier molecular flexibility index (Phi) is 9.73. The van der Waals surface area contributed by atoms with Crippen molar-refractivity contribution >= 4 is 0 Å². The van der Waals surface area contributed by atoms with Crippen molar-refractivity contribution in [1.82, 2.24) is 0 Å². The minimum atomic E-state index is 0.996. The molecule has 0 radical (unpaired) electrons. The molecule has 0 heterocycles. The maximum Gasteiger partial charge on any atom is -0.0166 e. The maximum absolute atomic E-state index is 3.74. The number of unbranched alkanes of at least 4 members (excludes halogenated alkanes) is 2. The van der Waals surface area contributed by atoms with Gasteiger partial charge in [-0.05, 0) is 25.7 Å². The van der Waals surface area contributed by atoms with E-state index in [9.17, 15) is 0 Å². The van der Waals surface area contributed by atoms with Gasteiger partial charge in [-0.3, -0.25) is 0 Å². The van der Waals surface area contributed by atoms with E-state index in [1.807, 2.05) is 6.08 Å². The Labute approximate surface area is 89.4 Å². The highest BCUT2D eigenvalue weighted by atomic mass is 14.0. The van der Waals surface area contributed by atoms with Crippen LogP contribution in [0.3, 0.4) is 0 Å². The van der Waals surface area contributed by atoms with Crippen LogP contribution >= 0.6 is 0 Å². The number of rotatable bonds is 8. The third kappa shape index (κ3) is 7.85. The smallest absolute Gasteiger partial charge is 0.0166 e. The molecular weight excluding hydrogens is 168 g/mol. The van der Waals surface area contributed by atoms with Crippen LogP contribution in [0.1, 0.15) is 52.4 Å². The van der Waals surface area contributed by atoms with Crippen LogP contribution in [0.25, 0.3) is 0 Å². The average Bonchev–Trinajstić information content (AvgIpc) is 2.21. The Morgan fingerprint density at radius 2 is 2.00 bits per heavy atom. The lowest BCUT2D eigenvalue weighted by molar-refractivity contribution is 0.718. The lowest BCUT2D eigenvalue weighted by Gasteiger charge is -2.01. The molecule has 14 heavy (non-hydrogen) atoms. The van der Waals surface area contributed by atoms with Crippen LogP contribution in [0.2, 0.25) is 0 Å². The molecule has 0 aromatic rings. The first-order valence-corrected chi connectivity index (χ1v) is 5.81.